The second kappa shape index (κ2) is 4.09. The van der Waals surface area contributed by atoms with Gasteiger partial charge in [0, 0.05) is 17.9 Å². The minimum Gasteiger partial charge on any atom is -0.399 e. The Labute approximate surface area is 115 Å². The van der Waals surface area contributed by atoms with Gasteiger partial charge in [0.25, 0.3) is 0 Å². The summed E-state index contributed by atoms with van der Waals surface area (Å²) < 4.78 is 14.2. The normalized spacial score (nSPS) is 32.4. The molecule has 2 heterocycles. The highest BCUT2D eigenvalue weighted by Crippen LogP contribution is 2.38. The zero-order valence-corrected chi connectivity index (χ0v) is 12.5. The molecule has 1 saturated carbocycles. The molecule has 1 aliphatic carbocycles. The van der Waals surface area contributed by atoms with Gasteiger partial charge in [-0.3, -0.25) is 4.68 Å². The molecule has 3 rings (SSSR count). The summed E-state index contributed by atoms with van der Waals surface area (Å²) in [6.45, 7) is 10.6. The summed E-state index contributed by atoms with van der Waals surface area (Å²) in [5.41, 5.74) is 0.449. The van der Waals surface area contributed by atoms with Gasteiger partial charge >= 0.3 is 7.12 Å². The Balaban J connectivity index is 1.78. The number of hydrogen-bond donors (Lipinski definition) is 0. The molecule has 0 bridgehead atoms. The van der Waals surface area contributed by atoms with Crippen LogP contribution in [0.5, 0.6) is 0 Å². The van der Waals surface area contributed by atoms with Crippen molar-refractivity contribution in [2.24, 2.45) is 5.92 Å². The van der Waals surface area contributed by atoms with Crippen LogP contribution in [0, 0.1) is 5.92 Å². The van der Waals surface area contributed by atoms with Crippen LogP contribution in [0.15, 0.2) is 12.4 Å². The first-order valence-corrected chi connectivity index (χ1v) is 7.20. The number of hydrogen-bond acceptors (Lipinski definition) is 3. The lowest BCUT2D eigenvalue weighted by atomic mass is 9.80. The summed E-state index contributed by atoms with van der Waals surface area (Å²) in [6.07, 6.45) is 6.50. The molecule has 2 atom stereocenters. The summed E-state index contributed by atoms with van der Waals surface area (Å²) in [5, 5.41) is 4.49. The van der Waals surface area contributed by atoms with E-state index in [2.05, 4.69) is 50.6 Å². The molecule has 2 fully saturated rings. The molecule has 1 aromatic heterocycles. The number of nitrogens with zero attached hydrogens (tertiary/aromatic N) is 2. The molecule has 0 radical (unpaired) electrons. The van der Waals surface area contributed by atoms with Crippen LogP contribution in [0.4, 0.5) is 0 Å². The second-order valence-corrected chi connectivity index (χ2v) is 6.96. The SMILES string of the molecule is CC1CCC1n1cc(B2OC(C)(C)C(C)(C)O2)cn1. The van der Waals surface area contributed by atoms with Gasteiger partial charge in [0.05, 0.1) is 17.2 Å². The Bertz CT molecular complexity index is 468. The van der Waals surface area contributed by atoms with Crippen molar-refractivity contribution in [3.63, 3.8) is 0 Å². The zero-order valence-electron chi connectivity index (χ0n) is 12.5. The first-order valence-electron chi connectivity index (χ1n) is 7.20. The van der Waals surface area contributed by atoms with Crippen LogP contribution in [0.3, 0.4) is 0 Å². The van der Waals surface area contributed by atoms with Gasteiger partial charge in [0.1, 0.15) is 0 Å². The zero-order chi connectivity index (χ0) is 13.8. The minimum atomic E-state index is -0.297. The smallest absolute Gasteiger partial charge is 0.399 e. The molecule has 2 aliphatic rings. The molecule has 1 aliphatic heterocycles. The largest absolute Gasteiger partial charge is 0.498 e. The summed E-state index contributed by atoms with van der Waals surface area (Å²) in [6, 6.07) is 0.552. The van der Waals surface area contributed by atoms with Gasteiger partial charge in [-0.15, -0.1) is 0 Å². The standard InChI is InChI=1S/C14H23BN2O2/c1-10-6-7-12(10)17-9-11(8-16-17)15-18-13(2,3)14(4,5)19-15/h8-10,12H,6-7H2,1-5H3. The average molecular weight is 262 g/mol. The Morgan fingerprint density at radius 3 is 2.32 bits per heavy atom. The third-order valence-corrected chi connectivity index (χ3v) is 5.06. The summed E-state index contributed by atoms with van der Waals surface area (Å²) in [5.74, 6) is 0.728. The quantitative estimate of drug-likeness (QED) is 0.766. The van der Waals surface area contributed by atoms with Crippen molar-refractivity contribution in [2.45, 2.75) is 64.7 Å². The third-order valence-electron chi connectivity index (χ3n) is 5.06. The van der Waals surface area contributed by atoms with Gasteiger partial charge in [0.2, 0.25) is 0 Å². The van der Waals surface area contributed by atoms with Gasteiger partial charge in [-0.05, 0) is 46.5 Å². The predicted octanol–water partition coefficient (Wildman–Crippen LogP) is 2.15. The molecule has 0 N–H and O–H groups in total. The number of rotatable bonds is 2. The van der Waals surface area contributed by atoms with Crippen molar-refractivity contribution in [3.05, 3.63) is 12.4 Å². The lowest BCUT2D eigenvalue weighted by molar-refractivity contribution is 0.00578. The van der Waals surface area contributed by atoms with E-state index in [0.29, 0.717) is 6.04 Å². The predicted molar refractivity (Wildman–Crippen MR) is 75.4 cm³/mol. The van der Waals surface area contributed by atoms with Crippen LogP contribution < -0.4 is 5.46 Å². The Morgan fingerprint density at radius 1 is 1.21 bits per heavy atom. The van der Waals surface area contributed by atoms with E-state index in [-0.39, 0.29) is 18.3 Å². The fraction of sp³-hybridized carbons (Fsp3) is 0.786. The van der Waals surface area contributed by atoms with E-state index in [9.17, 15) is 0 Å². The number of aromatic nitrogens is 2. The topological polar surface area (TPSA) is 36.3 Å². The molecule has 0 aromatic carbocycles. The van der Waals surface area contributed by atoms with E-state index >= 15 is 0 Å². The Kier molecular flexibility index (Phi) is 2.84. The molecular formula is C14H23BN2O2. The summed E-state index contributed by atoms with van der Waals surface area (Å²) in [7, 11) is -0.297. The maximum atomic E-state index is 6.05. The maximum absolute atomic E-state index is 6.05. The van der Waals surface area contributed by atoms with E-state index in [0.717, 1.165) is 11.4 Å². The maximum Gasteiger partial charge on any atom is 0.498 e. The van der Waals surface area contributed by atoms with Crippen molar-refractivity contribution < 1.29 is 9.31 Å². The van der Waals surface area contributed by atoms with E-state index in [1.807, 2.05) is 6.20 Å². The van der Waals surface area contributed by atoms with Gasteiger partial charge in [-0.1, -0.05) is 6.92 Å². The van der Waals surface area contributed by atoms with E-state index in [4.69, 9.17) is 9.31 Å². The van der Waals surface area contributed by atoms with Crippen molar-refractivity contribution in [2.75, 3.05) is 0 Å². The molecule has 1 saturated heterocycles. The van der Waals surface area contributed by atoms with Crippen LogP contribution in [0.1, 0.15) is 53.5 Å². The molecule has 104 valence electrons. The highest BCUT2D eigenvalue weighted by atomic mass is 16.7. The van der Waals surface area contributed by atoms with Gasteiger partial charge in [-0.25, -0.2) is 0 Å². The van der Waals surface area contributed by atoms with Crippen LogP contribution in [0.25, 0.3) is 0 Å². The molecule has 5 heteroatoms. The first kappa shape index (κ1) is 13.2. The second-order valence-electron chi connectivity index (χ2n) is 6.96. The van der Waals surface area contributed by atoms with Crippen LogP contribution >= 0.6 is 0 Å². The van der Waals surface area contributed by atoms with E-state index in [1.165, 1.54) is 12.8 Å². The van der Waals surface area contributed by atoms with Crippen molar-refractivity contribution in [1.29, 1.82) is 0 Å². The van der Waals surface area contributed by atoms with Crippen molar-refractivity contribution in [1.82, 2.24) is 9.78 Å². The first-order chi connectivity index (χ1) is 8.80. The van der Waals surface area contributed by atoms with Crippen molar-refractivity contribution >= 4 is 12.6 Å². The van der Waals surface area contributed by atoms with Crippen LogP contribution in [0.2, 0.25) is 0 Å². The lowest BCUT2D eigenvalue weighted by Crippen LogP contribution is -2.41. The van der Waals surface area contributed by atoms with Gasteiger partial charge in [0.15, 0.2) is 0 Å². The van der Waals surface area contributed by atoms with Gasteiger partial charge in [-0.2, -0.15) is 5.10 Å². The highest BCUT2D eigenvalue weighted by molar-refractivity contribution is 6.61. The van der Waals surface area contributed by atoms with Gasteiger partial charge < -0.3 is 9.31 Å². The molecule has 19 heavy (non-hydrogen) atoms. The van der Waals surface area contributed by atoms with E-state index < -0.39 is 0 Å². The molecule has 4 nitrogen and oxygen atoms in total. The molecule has 0 spiro atoms. The highest BCUT2D eigenvalue weighted by Gasteiger charge is 2.52. The van der Waals surface area contributed by atoms with Crippen molar-refractivity contribution in [3.8, 4) is 0 Å². The molecule has 0 amide bonds. The summed E-state index contributed by atoms with van der Waals surface area (Å²) >= 11 is 0. The monoisotopic (exact) mass is 262 g/mol. The molecular weight excluding hydrogens is 239 g/mol. The molecule has 2 unspecified atom stereocenters. The Hall–Kier alpha value is -0.805. The third kappa shape index (κ3) is 2.03. The fourth-order valence-corrected chi connectivity index (χ4v) is 2.68. The average Bonchev–Trinajstić information content (AvgIpc) is 2.81. The molecule has 1 aromatic rings. The van der Waals surface area contributed by atoms with Crippen LogP contribution in [-0.2, 0) is 9.31 Å². The lowest BCUT2D eigenvalue weighted by Gasteiger charge is -2.33. The summed E-state index contributed by atoms with van der Waals surface area (Å²) in [4.78, 5) is 0. The minimum absolute atomic E-state index is 0.288. The van der Waals surface area contributed by atoms with Crippen LogP contribution in [-0.4, -0.2) is 28.1 Å². The fourth-order valence-electron chi connectivity index (χ4n) is 2.68. The Morgan fingerprint density at radius 2 is 1.84 bits per heavy atom. The van der Waals surface area contributed by atoms with E-state index in [1.54, 1.807) is 0 Å².